The molecular weight excluding hydrogens is 322 g/mol. The summed E-state index contributed by atoms with van der Waals surface area (Å²) in [6, 6.07) is 17.5. The number of hydrogen-bond donors (Lipinski definition) is 1. The van der Waals surface area contributed by atoms with Crippen molar-refractivity contribution in [2.75, 3.05) is 0 Å². The number of rotatable bonds is 2. The number of pyridine rings is 1. The monoisotopic (exact) mass is 341 g/mol. The second kappa shape index (κ2) is 5.95. The number of nitrogens with zero attached hydrogens (tertiary/aromatic N) is 1. The summed E-state index contributed by atoms with van der Waals surface area (Å²) < 4.78 is 0. The normalized spacial score (nSPS) is 11.2. The quantitative estimate of drug-likeness (QED) is 0.477. The van der Waals surface area contributed by atoms with Gasteiger partial charge in [-0.1, -0.05) is 48.5 Å². The number of para-hydroxylation sites is 1. The lowest BCUT2D eigenvalue weighted by Crippen LogP contribution is -2.05. The molecule has 3 nitrogen and oxygen atoms in total. The summed E-state index contributed by atoms with van der Waals surface area (Å²) in [5.41, 5.74) is 7.09. The maximum absolute atomic E-state index is 12.2. The van der Waals surface area contributed by atoms with Crippen molar-refractivity contribution in [3.8, 4) is 11.1 Å². The smallest absolute Gasteiger partial charge is 0.337 e. The van der Waals surface area contributed by atoms with Gasteiger partial charge >= 0.3 is 5.97 Å². The Bertz CT molecular complexity index is 1180. The topological polar surface area (TPSA) is 50.2 Å². The van der Waals surface area contributed by atoms with Crippen LogP contribution in [0.25, 0.3) is 32.9 Å². The largest absolute Gasteiger partial charge is 0.478 e. The Kier molecular flexibility index (Phi) is 3.73. The van der Waals surface area contributed by atoms with E-state index >= 15 is 0 Å². The average Bonchev–Trinajstić information content (AvgIpc) is 2.65. The second-order valence-corrected chi connectivity index (χ2v) is 6.65. The lowest BCUT2D eigenvalue weighted by Gasteiger charge is -2.19. The molecule has 0 spiro atoms. The van der Waals surface area contributed by atoms with Gasteiger partial charge in [-0.15, -0.1) is 0 Å². The van der Waals surface area contributed by atoms with Gasteiger partial charge in [-0.3, -0.25) is 0 Å². The summed E-state index contributed by atoms with van der Waals surface area (Å²) >= 11 is 0. The molecule has 4 aromatic rings. The molecule has 0 aliphatic carbocycles. The first-order valence-corrected chi connectivity index (χ1v) is 8.61. The molecule has 4 rings (SSSR count). The fourth-order valence-corrected chi connectivity index (χ4v) is 3.77. The third-order valence-electron chi connectivity index (χ3n) is 5.28. The van der Waals surface area contributed by atoms with E-state index in [0.29, 0.717) is 16.5 Å². The van der Waals surface area contributed by atoms with E-state index in [1.54, 1.807) is 0 Å². The van der Waals surface area contributed by atoms with Gasteiger partial charge in [-0.05, 0) is 49.1 Å². The lowest BCUT2D eigenvalue weighted by molar-refractivity contribution is 0.0701. The van der Waals surface area contributed by atoms with Crippen LogP contribution >= 0.6 is 0 Å². The number of carboxylic acids is 1. The fourth-order valence-electron chi connectivity index (χ4n) is 3.77. The van der Waals surface area contributed by atoms with Gasteiger partial charge in [-0.25, -0.2) is 9.78 Å². The molecule has 1 heterocycles. The minimum absolute atomic E-state index is 0.336. The number of carbonyl (C=O) groups is 1. The van der Waals surface area contributed by atoms with Crippen LogP contribution < -0.4 is 0 Å². The van der Waals surface area contributed by atoms with Gasteiger partial charge < -0.3 is 5.11 Å². The first-order chi connectivity index (χ1) is 12.5. The van der Waals surface area contributed by atoms with Crippen LogP contribution in [0.3, 0.4) is 0 Å². The highest BCUT2D eigenvalue weighted by Gasteiger charge is 2.22. The van der Waals surface area contributed by atoms with E-state index in [0.717, 1.165) is 38.7 Å². The summed E-state index contributed by atoms with van der Waals surface area (Å²) in [6.07, 6.45) is 0. The van der Waals surface area contributed by atoms with E-state index in [1.807, 2.05) is 61.5 Å². The van der Waals surface area contributed by atoms with Crippen LogP contribution in [0.1, 0.15) is 27.0 Å². The molecule has 0 aliphatic heterocycles. The molecule has 0 saturated carbocycles. The van der Waals surface area contributed by atoms with Crippen molar-refractivity contribution in [2.24, 2.45) is 0 Å². The SMILES string of the molecule is Cc1c(C)c(C)c2c(C(=O)O)c3ccccc3nc2c1-c1ccccc1. The number of fused-ring (bicyclic) bond motifs is 2. The molecule has 0 bridgehead atoms. The van der Waals surface area contributed by atoms with Gasteiger partial charge in [0.1, 0.15) is 0 Å². The van der Waals surface area contributed by atoms with Crippen LogP contribution in [0, 0.1) is 20.8 Å². The Hall–Kier alpha value is -3.20. The van der Waals surface area contributed by atoms with Gasteiger partial charge in [0.25, 0.3) is 0 Å². The third kappa shape index (κ3) is 2.28. The van der Waals surface area contributed by atoms with Crippen LogP contribution in [0.15, 0.2) is 54.6 Å². The molecule has 1 N–H and O–H groups in total. The van der Waals surface area contributed by atoms with E-state index in [1.165, 1.54) is 0 Å². The minimum atomic E-state index is -0.918. The highest BCUT2D eigenvalue weighted by atomic mass is 16.4. The standard InChI is InChI=1S/C23H19NO2/c1-13-14(2)19(16-9-5-4-6-10-16)22-20(15(13)3)21(23(25)26)17-11-7-8-12-18(17)24-22/h4-12H,1-3H3,(H,25,26). The van der Waals surface area contributed by atoms with Gasteiger partial charge in [-0.2, -0.15) is 0 Å². The van der Waals surface area contributed by atoms with E-state index in [2.05, 4.69) is 13.8 Å². The molecule has 0 fully saturated rings. The van der Waals surface area contributed by atoms with E-state index in [9.17, 15) is 9.90 Å². The van der Waals surface area contributed by atoms with Gasteiger partial charge in [0, 0.05) is 16.3 Å². The maximum Gasteiger partial charge on any atom is 0.337 e. The number of aromatic carboxylic acids is 1. The predicted octanol–water partition coefficient (Wildman–Crippen LogP) is 5.68. The zero-order valence-corrected chi connectivity index (χ0v) is 15.0. The second-order valence-electron chi connectivity index (χ2n) is 6.65. The summed E-state index contributed by atoms with van der Waals surface area (Å²) in [5, 5.41) is 11.4. The van der Waals surface area contributed by atoms with Gasteiger partial charge in [0.15, 0.2) is 0 Å². The van der Waals surface area contributed by atoms with Crippen molar-refractivity contribution < 1.29 is 9.90 Å². The first kappa shape index (κ1) is 16.3. The molecule has 3 heteroatoms. The van der Waals surface area contributed by atoms with Crippen LogP contribution in [0.5, 0.6) is 0 Å². The van der Waals surface area contributed by atoms with Gasteiger partial charge in [0.2, 0.25) is 0 Å². The van der Waals surface area contributed by atoms with Crippen molar-refractivity contribution in [3.05, 3.63) is 76.9 Å². The van der Waals surface area contributed by atoms with Crippen molar-refractivity contribution >= 4 is 27.8 Å². The Balaban J connectivity index is 2.32. The molecule has 128 valence electrons. The number of benzene rings is 3. The van der Waals surface area contributed by atoms with Crippen LogP contribution in [0.4, 0.5) is 0 Å². The molecule has 0 atom stereocenters. The molecule has 3 aromatic carbocycles. The Morgan fingerprint density at radius 1 is 0.846 bits per heavy atom. The van der Waals surface area contributed by atoms with Gasteiger partial charge in [0.05, 0.1) is 16.6 Å². The summed E-state index contributed by atoms with van der Waals surface area (Å²) in [5.74, 6) is -0.918. The molecule has 0 amide bonds. The Labute approximate surface area is 151 Å². The predicted molar refractivity (Wildman–Crippen MR) is 106 cm³/mol. The number of carboxylic acid groups (broad SMARTS) is 1. The van der Waals surface area contributed by atoms with Crippen molar-refractivity contribution in [1.82, 2.24) is 4.98 Å². The van der Waals surface area contributed by atoms with Crippen molar-refractivity contribution in [1.29, 1.82) is 0 Å². The molecular formula is C23H19NO2. The van der Waals surface area contributed by atoms with Crippen LogP contribution in [0.2, 0.25) is 0 Å². The average molecular weight is 341 g/mol. The van der Waals surface area contributed by atoms with Crippen molar-refractivity contribution in [2.45, 2.75) is 20.8 Å². The zero-order valence-electron chi connectivity index (χ0n) is 15.0. The minimum Gasteiger partial charge on any atom is -0.478 e. The lowest BCUT2D eigenvalue weighted by atomic mass is 9.87. The Morgan fingerprint density at radius 3 is 2.19 bits per heavy atom. The molecule has 0 unspecified atom stereocenters. The number of hydrogen-bond acceptors (Lipinski definition) is 2. The summed E-state index contributed by atoms with van der Waals surface area (Å²) in [4.78, 5) is 17.1. The first-order valence-electron chi connectivity index (χ1n) is 8.61. The molecule has 0 radical (unpaired) electrons. The molecule has 1 aromatic heterocycles. The van der Waals surface area contributed by atoms with Crippen LogP contribution in [-0.4, -0.2) is 16.1 Å². The van der Waals surface area contributed by atoms with E-state index < -0.39 is 5.97 Å². The third-order valence-corrected chi connectivity index (χ3v) is 5.28. The molecule has 26 heavy (non-hydrogen) atoms. The van der Waals surface area contributed by atoms with E-state index in [-0.39, 0.29) is 0 Å². The Morgan fingerprint density at radius 2 is 1.50 bits per heavy atom. The highest BCUT2D eigenvalue weighted by Crippen LogP contribution is 2.39. The fraction of sp³-hybridized carbons (Fsp3) is 0.130. The van der Waals surface area contributed by atoms with Crippen LogP contribution in [-0.2, 0) is 0 Å². The molecule has 0 saturated heterocycles. The number of aromatic nitrogens is 1. The number of aryl methyl sites for hydroxylation is 1. The highest BCUT2D eigenvalue weighted by molar-refractivity contribution is 6.17. The maximum atomic E-state index is 12.2. The van der Waals surface area contributed by atoms with E-state index in [4.69, 9.17) is 4.98 Å². The summed E-state index contributed by atoms with van der Waals surface area (Å²) in [7, 11) is 0. The summed E-state index contributed by atoms with van der Waals surface area (Å²) in [6.45, 7) is 6.13. The zero-order chi connectivity index (χ0) is 18.4. The molecule has 0 aliphatic rings. The van der Waals surface area contributed by atoms with Crippen molar-refractivity contribution in [3.63, 3.8) is 0 Å².